The maximum atomic E-state index is 10.2. The second-order valence-corrected chi connectivity index (χ2v) is 2.04. The number of hydrogen-bond donors (Lipinski definition) is 1. The van der Waals surface area contributed by atoms with Crippen molar-refractivity contribution < 1.29 is 9.90 Å². The van der Waals surface area contributed by atoms with E-state index in [1.165, 1.54) is 6.08 Å². The third-order valence-electron chi connectivity index (χ3n) is 1.02. The number of halogens is 1. The zero-order chi connectivity index (χ0) is 7.28. The molecule has 52 valence electrons. The molecule has 0 aromatic carbocycles. The zero-order valence-corrected chi connectivity index (χ0v) is 5.77. The molecular weight excluding hydrogens is 140 g/mol. The Labute approximate surface area is 59.1 Å². The van der Waals surface area contributed by atoms with Crippen molar-refractivity contribution in [2.24, 2.45) is 5.92 Å². The SMILES string of the molecule is C=CC(CCCl)C(=O)O. The predicted octanol–water partition coefficient (Wildman–Crippen LogP) is 1.50. The Morgan fingerprint density at radius 2 is 2.44 bits per heavy atom. The zero-order valence-electron chi connectivity index (χ0n) is 5.01. The minimum atomic E-state index is -0.856. The number of carbonyl (C=O) groups is 1. The number of hydrogen-bond acceptors (Lipinski definition) is 1. The molecule has 0 radical (unpaired) electrons. The molecule has 1 atom stereocenters. The van der Waals surface area contributed by atoms with E-state index in [9.17, 15) is 4.79 Å². The molecule has 0 heterocycles. The highest BCUT2D eigenvalue weighted by Gasteiger charge is 2.10. The lowest BCUT2D eigenvalue weighted by atomic mass is 10.1. The first-order valence-electron chi connectivity index (χ1n) is 2.63. The van der Waals surface area contributed by atoms with Crippen LogP contribution in [0.2, 0.25) is 0 Å². The average Bonchev–Trinajstić information content (AvgIpc) is 1.82. The van der Waals surface area contributed by atoms with Gasteiger partial charge in [-0.1, -0.05) is 6.08 Å². The van der Waals surface area contributed by atoms with Crippen LogP contribution in [0.3, 0.4) is 0 Å². The van der Waals surface area contributed by atoms with Gasteiger partial charge in [-0.15, -0.1) is 18.2 Å². The molecule has 0 aliphatic heterocycles. The normalized spacial score (nSPS) is 12.6. The van der Waals surface area contributed by atoms with Crippen LogP contribution in [0.4, 0.5) is 0 Å². The monoisotopic (exact) mass is 148 g/mol. The lowest BCUT2D eigenvalue weighted by Gasteiger charge is -2.01. The summed E-state index contributed by atoms with van der Waals surface area (Å²) in [5, 5.41) is 8.37. The van der Waals surface area contributed by atoms with Gasteiger partial charge in [-0.25, -0.2) is 0 Å². The molecule has 0 aliphatic rings. The molecule has 0 spiro atoms. The number of aliphatic carboxylic acids is 1. The highest BCUT2D eigenvalue weighted by Crippen LogP contribution is 2.04. The van der Waals surface area contributed by atoms with Crippen LogP contribution in [-0.4, -0.2) is 17.0 Å². The summed E-state index contributed by atoms with van der Waals surface area (Å²) in [5.41, 5.74) is 0. The van der Waals surface area contributed by atoms with Crippen LogP contribution >= 0.6 is 11.6 Å². The fraction of sp³-hybridized carbons (Fsp3) is 0.500. The Morgan fingerprint density at radius 3 is 2.56 bits per heavy atom. The lowest BCUT2D eigenvalue weighted by Crippen LogP contribution is -2.10. The van der Waals surface area contributed by atoms with Gasteiger partial charge in [0.05, 0.1) is 5.92 Å². The highest BCUT2D eigenvalue weighted by atomic mass is 35.5. The standard InChI is InChI=1S/C6H9ClO2/c1-2-5(3-4-7)6(8)9/h2,5H,1,3-4H2,(H,8,9). The Hall–Kier alpha value is -0.500. The van der Waals surface area contributed by atoms with Gasteiger partial charge in [0.15, 0.2) is 0 Å². The van der Waals surface area contributed by atoms with E-state index in [0.717, 1.165) is 0 Å². The van der Waals surface area contributed by atoms with Crippen molar-refractivity contribution >= 4 is 17.6 Å². The van der Waals surface area contributed by atoms with Crippen LogP contribution in [0.25, 0.3) is 0 Å². The Kier molecular flexibility index (Phi) is 4.14. The fourth-order valence-electron chi connectivity index (χ4n) is 0.460. The van der Waals surface area contributed by atoms with Crippen molar-refractivity contribution in [2.75, 3.05) is 5.88 Å². The molecule has 1 N–H and O–H groups in total. The molecule has 2 nitrogen and oxygen atoms in total. The third-order valence-corrected chi connectivity index (χ3v) is 1.24. The molecule has 0 aromatic heterocycles. The summed E-state index contributed by atoms with van der Waals surface area (Å²) < 4.78 is 0. The number of rotatable bonds is 4. The van der Waals surface area contributed by atoms with Crippen molar-refractivity contribution in [1.29, 1.82) is 0 Å². The van der Waals surface area contributed by atoms with Crippen LogP contribution in [0.1, 0.15) is 6.42 Å². The van der Waals surface area contributed by atoms with E-state index < -0.39 is 11.9 Å². The quantitative estimate of drug-likeness (QED) is 0.485. The van der Waals surface area contributed by atoms with E-state index >= 15 is 0 Å². The minimum Gasteiger partial charge on any atom is -0.481 e. The smallest absolute Gasteiger partial charge is 0.310 e. The lowest BCUT2D eigenvalue weighted by molar-refractivity contribution is -0.140. The second-order valence-electron chi connectivity index (χ2n) is 1.66. The van der Waals surface area contributed by atoms with E-state index in [0.29, 0.717) is 12.3 Å². The van der Waals surface area contributed by atoms with Gasteiger partial charge in [0.2, 0.25) is 0 Å². The van der Waals surface area contributed by atoms with Gasteiger partial charge in [-0.05, 0) is 6.42 Å². The van der Waals surface area contributed by atoms with Gasteiger partial charge in [0.25, 0.3) is 0 Å². The van der Waals surface area contributed by atoms with Gasteiger partial charge in [0, 0.05) is 5.88 Å². The molecule has 0 saturated heterocycles. The van der Waals surface area contributed by atoms with Crippen molar-refractivity contribution in [1.82, 2.24) is 0 Å². The maximum absolute atomic E-state index is 10.2. The highest BCUT2D eigenvalue weighted by molar-refractivity contribution is 6.17. The van der Waals surface area contributed by atoms with Gasteiger partial charge < -0.3 is 5.11 Å². The van der Waals surface area contributed by atoms with E-state index in [2.05, 4.69) is 6.58 Å². The third kappa shape index (κ3) is 3.14. The average molecular weight is 149 g/mol. The van der Waals surface area contributed by atoms with Crippen LogP contribution < -0.4 is 0 Å². The molecule has 0 saturated carbocycles. The molecule has 0 aromatic rings. The molecule has 0 amide bonds. The van der Waals surface area contributed by atoms with Crippen molar-refractivity contribution in [3.63, 3.8) is 0 Å². The van der Waals surface area contributed by atoms with Crippen molar-refractivity contribution in [3.8, 4) is 0 Å². The molecule has 0 rings (SSSR count). The maximum Gasteiger partial charge on any atom is 0.310 e. The molecule has 1 unspecified atom stereocenters. The first kappa shape index (κ1) is 8.50. The van der Waals surface area contributed by atoms with Gasteiger partial charge in [-0.2, -0.15) is 0 Å². The first-order chi connectivity index (χ1) is 4.22. The molecule has 0 aliphatic carbocycles. The summed E-state index contributed by atoms with van der Waals surface area (Å²) in [6, 6.07) is 0. The van der Waals surface area contributed by atoms with Crippen molar-refractivity contribution in [2.45, 2.75) is 6.42 Å². The van der Waals surface area contributed by atoms with Crippen molar-refractivity contribution in [3.05, 3.63) is 12.7 Å². The largest absolute Gasteiger partial charge is 0.481 e. The summed E-state index contributed by atoms with van der Waals surface area (Å²) in [5.74, 6) is -0.976. The van der Waals surface area contributed by atoms with E-state index in [-0.39, 0.29) is 0 Å². The topological polar surface area (TPSA) is 37.3 Å². The first-order valence-corrected chi connectivity index (χ1v) is 3.17. The molecule has 9 heavy (non-hydrogen) atoms. The second kappa shape index (κ2) is 4.39. The Morgan fingerprint density at radius 1 is 1.89 bits per heavy atom. The number of alkyl halides is 1. The van der Waals surface area contributed by atoms with Crippen LogP contribution in [0, 0.1) is 5.92 Å². The van der Waals surface area contributed by atoms with E-state index in [1.54, 1.807) is 0 Å². The predicted molar refractivity (Wildman–Crippen MR) is 36.7 cm³/mol. The number of carboxylic acid groups (broad SMARTS) is 1. The van der Waals surface area contributed by atoms with E-state index in [4.69, 9.17) is 16.7 Å². The van der Waals surface area contributed by atoms with Crippen LogP contribution in [-0.2, 0) is 4.79 Å². The summed E-state index contributed by atoms with van der Waals surface area (Å²) in [6.07, 6.45) is 1.85. The number of carboxylic acids is 1. The Bertz CT molecular complexity index is 112. The fourth-order valence-corrected chi connectivity index (χ4v) is 0.695. The molecule has 0 fully saturated rings. The molecule has 3 heteroatoms. The van der Waals surface area contributed by atoms with Crippen LogP contribution in [0.15, 0.2) is 12.7 Å². The summed E-state index contributed by atoms with van der Waals surface area (Å²) in [6.45, 7) is 3.36. The van der Waals surface area contributed by atoms with E-state index in [1.807, 2.05) is 0 Å². The van der Waals surface area contributed by atoms with Gasteiger partial charge in [0.1, 0.15) is 0 Å². The summed E-state index contributed by atoms with van der Waals surface area (Å²) in [4.78, 5) is 10.2. The van der Waals surface area contributed by atoms with Gasteiger partial charge >= 0.3 is 5.97 Å². The summed E-state index contributed by atoms with van der Waals surface area (Å²) >= 11 is 5.31. The minimum absolute atomic E-state index is 0.364. The van der Waals surface area contributed by atoms with Crippen LogP contribution in [0.5, 0.6) is 0 Å². The molecular formula is C6H9ClO2. The molecule has 0 bridgehead atoms. The summed E-state index contributed by atoms with van der Waals surface area (Å²) in [7, 11) is 0. The van der Waals surface area contributed by atoms with Gasteiger partial charge in [-0.3, -0.25) is 4.79 Å². The Balaban J connectivity index is 3.68.